The van der Waals surface area contributed by atoms with E-state index in [-0.39, 0.29) is 5.54 Å². The lowest BCUT2D eigenvalue weighted by Crippen LogP contribution is -2.57. The Kier molecular flexibility index (Phi) is 4.02. The summed E-state index contributed by atoms with van der Waals surface area (Å²) in [6, 6.07) is 0. The average Bonchev–Trinajstić information content (AvgIpc) is 3.21. The predicted octanol–water partition coefficient (Wildman–Crippen LogP) is 1.72. The molecule has 0 spiro atoms. The van der Waals surface area contributed by atoms with E-state index in [1.54, 1.807) is 11.3 Å². The summed E-state index contributed by atoms with van der Waals surface area (Å²) in [5, 5.41) is 9.12. The van der Waals surface area contributed by atoms with Gasteiger partial charge in [0.15, 0.2) is 0 Å². The van der Waals surface area contributed by atoms with Gasteiger partial charge in [-0.15, -0.1) is 5.10 Å². The minimum absolute atomic E-state index is 0.248. The predicted molar refractivity (Wildman–Crippen MR) is 91.2 cm³/mol. The van der Waals surface area contributed by atoms with Crippen LogP contribution in [0.25, 0.3) is 4.96 Å². The Hall–Kier alpha value is -0.830. The number of thioether (sulfide) groups is 1. The Morgan fingerprint density at radius 3 is 3.00 bits per heavy atom. The van der Waals surface area contributed by atoms with Gasteiger partial charge < -0.3 is 10.1 Å². The molecule has 22 heavy (non-hydrogen) atoms. The van der Waals surface area contributed by atoms with Crippen LogP contribution < -0.4 is 5.32 Å². The molecular formula is C14H21N5OS2. The van der Waals surface area contributed by atoms with Crippen LogP contribution >= 0.6 is 23.1 Å². The van der Waals surface area contributed by atoms with Gasteiger partial charge in [-0.1, -0.05) is 11.3 Å². The number of fused-ring (bicyclic) bond motifs is 1. The standard InChI is InChI=1S/C14H21N5OS2/c1-11-8-19-13(16-11)22-12(17-19)15-9-14(2-7-21-10-14)18-3-5-20-6-4-18/h8H,2-7,9-10H2,1H3,(H,15,17). The Labute approximate surface area is 138 Å². The third-order valence-corrected chi connectivity index (χ3v) is 6.61. The number of hydrogen-bond donors (Lipinski definition) is 1. The highest BCUT2D eigenvalue weighted by Crippen LogP contribution is 2.34. The van der Waals surface area contributed by atoms with E-state index >= 15 is 0 Å². The van der Waals surface area contributed by atoms with Crippen molar-refractivity contribution in [3.05, 3.63) is 11.9 Å². The third-order valence-electron chi connectivity index (χ3n) is 4.50. The van der Waals surface area contributed by atoms with Gasteiger partial charge in [-0.3, -0.25) is 4.90 Å². The van der Waals surface area contributed by atoms with Crippen LogP contribution in [-0.4, -0.2) is 69.4 Å². The molecule has 120 valence electrons. The first-order chi connectivity index (χ1) is 10.8. The first-order valence-electron chi connectivity index (χ1n) is 7.72. The topological polar surface area (TPSA) is 54.7 Å². The average molecular weight is 339 g/mol. The van der Waals surface area contributed by atoms with Gasteiger partial charge in [0.1, 0.15) is 0 Å². The second-order valence-corrected chi connectivity index (χ2v) is 8.06. The summed E-state index contributed by atoms with van der Waals surface area (Å²) in [5.41, 5.74) is 1.26. The molecule has 2 aliphatic heterocycles. The van der Waals surface area contributed by atoms with Gasteiger partial charge in [0.05, 0.1) is 25.1 Å². The highest BCUT2D eigenvalue weighted by Gasteiger charge is 2.40. The number of anilines is 1. The molecule has 1 atom stereocenters. The molecule has 2 aliphatic rings. The normalized spacial score (nSPS) is 26.8. The molecule has 4 rings (SSSR count). The number of aryl methyl sites for hydroxylation is 1. The minimum atomic E-state index is 0.248. The lowest BCUT2D eigenvalue weighted by atomic mass is 9.95. The van der Waals surface area contributed by atoms with E-state index in [1.807, 2.05) is 17.6 Å². The zero-order valence-electron chi connectivity index (χ0n) is 12.7. The van der Waals surface area contributed by atoms with E-state index in [0.717, 1.165) is 48.6 Å². The Balaban J connectivity index is 1.48. The summed E-state index contributed by atoms with van der Waals surface area (Å²) < 4.78 is 7.39. The minimum Gasteiger partial charge on any atom is -0.379 e. The smallest absolute Gasteiger partial charge is 0.214 e. The number of nitrogens with one attached hydrogen (secondary N) is 1. The molecule has 2 saturated heterocycles. The zero-order chi connectivity index (χ0) is 15.0. The van der Waals surface area contributed by atoms with Gasteiger partial charge in [0.25, 0.3) is 0 Å². The Bertz CT molecular complexity index is 611. The largest absolute Gasteiger partial charge is 0.379 e. The molecule has 0 saturated carbocycles. The third kappa shape index (κ3) is 2.73. The molecule has 2 fully saturated rings. The summed E-state index contributed by atoms with van der Waals surface area (Å²) in [6.45, 7) is 6.76. The number of rotatable bonds is 4. The number of imidazole rings is 1. The van der Waals surface area contributed by atoms with Gasteiger partial charge in [0.2, 0.25) is 10.1 Å². The van der Waals surface area contributed by atoms with Crippen LogP contribution in [0.15, 0.2) is 6.20 Å². The van der Waals surface area contributed by atoms with Crippen LogP contribution in [0.4, 0.5) is 5.13 Å². The molecule has 4 heterocycles. The molecule has 0 bridgehead atoms. The van der Waals surface area contributed by atoms with Crippen molar-refractivity contribution in [3.8, 4) is 0 Å². The lowest BCUT2D eigenvalue weighted by molar-refractivity contribution is -0.00921. The monoisotopic (exact) mass is 339 g/mol. The number of nitrogens with zero attached hydrogens (tertiary/aromatic N) is 4. The van der Waals surface area contributed by atoms with Crippen molar-refractivity contribution in [2.45, 2.75) is 18.9 Å². The maximum absolute atomic E-state index is 5.52. The number of aromatic nitrogens is 3. The van der Waals surface area contributed by atoms with Crippen molar-refractivity contribution in [2.24, 2.45) is 0 Å². The molecule has 0 aromatic carbocycles. The van der Waals surface area contributed by atoms with E-state index in [2.05, 4.69) is 32.1 Å². The first-order valence-corrected chi connectivity index (χ1v) is 9.70. The van der Waals surface area contributed by atoms with E-state index in [9.17, 15) is 0 Å². The van der Waals surface area contributed by atoms with Crippen LogP contribution in [0.5, 0.6) is 0 Å². The second-order valence-electron chi connectivity index (χ2n) is 6.00. The van der Waals surface area contributed by atoms with Crippen LogP contribution in [0.1, 0.15) is 12.1 Å². The van der Waals surface area contributed by atoms with E-state index in [0.29, 0.717) is 0 Å². The Morgan fingerprint density at radius 1 is 1.41 bits per heavy atom. The summed E-state index contributed by atoms with van der Waals surface area (Å²) >= 11 is 3.69. The number of morpholine rings is 1. The Morgan fingerprint density at radius 2 is 2.27 bits per heavy atom. The van der Waals surface area contributed by atoms with Crippen molar-refractivity contribution in [1.82, 2.24) is 19.5 Å². The molecule has 6 nitrogen and oxygen atoms in total. The fourth-order valence-electron chi connectivity index (χ4n) is 3.26. The van der Waals surface area contributed by atoms with E-state index in [1.165, 1.54) is 17.9 Å². The molecule has 2 aromatic rings. The van der Waals surface area contributed by atoms with Crippen LogP contribution in [0.2, 0.25) is 0 Å². The van der Waals surface area contributed by atoms with Gasteiger partial charge in [-0.2, -0.15) is 11.8 Å². The molecule has 0 aliphatic carbocycles. The van der Waals surface area contributed by atoms with Gasteiger partial charge in [-0.05, 0) is 19.1 Å². The number of hydrogen-bond acceptors (Lipinski definition) is 7. The SMILES string of the molecule is Cc1cn2nc(NCC3(N4CCOCC4)CCSC3)sc2n1. The molecular weight excluding hydrogens is 318 g/mol. The number of ether oxygens (including phenoxy) is 1. The quantitative estimate of drug-likeness (QED) is 0.915. The molecule has 8 heteroatoms. The molecule has 0 amide bonds. The van der Waals surface area contributed by atoms with Gasteiger partial charge >= 0.3 is 0 Å². The second kappa shape index (κ2) is 5.99. The molecule has 1 N–H and O–H groups in total. The van der Waals surface area contributed by atoms with Gasteiger partial charge in [0, 0.05) is 30.9 Å². The van der Waals surface area contributed by atoms with Crippen molar-refractivity contribution in [2.75, 3.05) is 49.7 Å². The molecule has 1 unspecified atom stereocenters. The summed E-state index contributed by atoms with van der Waals surface area (Å²) in [4.78, 5) is 8.05. The lowest BCUT2D eigenvalue weighted by Gasteiger charge is -2.43. The maximum Gasteiger partial charge on any atom is 0.214 e. The van der Waals surface area contributed by atoms with Crippen molar-refractivity contribution < 1.29 is 4.74 Å². The highest BCUT2D eigenvalue weighted by molar-refractivity contribution is 7.99. The van der Waals surface area contributed by atoms with E-state index < -0.39 is 0 Å². The first kappa shape index (κ1) is 14.7. The van der Waals surface area contributed by atoms with Crippen LogP contribution in [0.3, 0.4) is 0 Å². The van der Waals surface area contributed by atoms with Crippen molar-refractivity contribution >= 4 is 33.2 Å². The maximum atomic E-state index is 5.52. The summed E-state index contributed by atoms with van der Waals surface area (Å²) in [7, 11) is 0. The highest BCUT2D eigenvalue weighted by atomic mass is 32.2. The fourth-order valence-corrected chi connectivity index (χ4v) is 5.56. The summed E-state index contributed by atoms with van der Waals surface area (Å²) in [6.07, 6.45) is 3.21. The zero-order valence-corrected chi connectivity index (χ0v) is 14.4. The van der Waals surface area contributed by atoms with Crippen molar-refractivity contribution in [1.29, 1.82) is 0 Å². The molecule has 2 aromatic heterocycles. The van der Waals surface area contributed by atoms with E-state index in [4.69, 9.17) is 4.74 Å². The van der Waals surface area contributed by atoms with Gasteiger partial charge in [-0.25, -0.2) is 9.50 Å². The van der Waals surface area contributed by atoms with Crippen LogP contribution in [-0.2, 0) is 4.74 Å². The van der Waals surface area contributed by atoms with Crippen LogP contribution in [0, 0.1) is 6.92 Å². The fraction of sp³-hybridized carbons (Fsp3) is 0.714. The molecule has 0 radical (unpaired) electrons. The summed E-state index contributed by atoms with van der Waals surface area (Å²) in [5.74, 6) is 2.45. The van der Waals surface area contributed by atoms with Crippen molar-refractivity contribution in [3.63, 3.8) is 0 Å².